The van der Waals surface area contributed by atoms with Crippen molar-refractivity contribution in [1.82, 2.24) is 9.21 Å². The maximum absolute atomic E-state index is 11.7. The van der Waals surface area contributed by atoms with Gasteiger partial charge >= 0.3 is 6.36 Å². The topological polar surface area (TPSA) is 42.0 Å². The highest BCUT2D eigenvalue weighted by Crippen LogP contribution is 2.27. The number of rotatable bonds is 6. The number of nitrogens with zero attached hydrogens (tertiary/aromatic N) is 2. The molecule has 0 aromatic rings. The molecule has 0 aromatic heterocycles. The van der Waals surface area contributed by atoms with Crippen LogP contribution in [0.5, 0.6) is 0 Å². The van der Waals surface area contributed by atoms with Crippen molar-refractivity contribution in [2.75, 3.05) is 26.7 Å². The number of thiol groups is 1. The van der Waals surface area contributed by atoms with Crippen molar-refractivity contribution in [3.05, 3.63) is 71.2 Å². The zero-order valence-corrected chi connectivity index (χ0v) is 19.8. The number of hydrogen-bond donors (Lipinski definition) is 1. The van der Waals surface area contributed by atoms with E-state index in [4.69, 9.17) is 4.74 Å². The third kappa shape index (κ3) is 9.96. The summed E-state index contributed by atoms with van der Waals surface area (Å²) < 4.78 is 45.7. The standard InChI is InChI=1S/C16H24N2O2S.C8H7F3O/c1-13-4-3-5-16(14(10-13)11-20-12-19)17(2)15-6-8-18(21)9-7-15;9-8(10,11)12-7-5-3-1-2-4-6-7/h4-5,10,12,15,21H,3,6-9,11H2,1-2H3;1-3,5-6H,4H2. The number of ether oxygens (including phenoxy) is 2. The van der Waals surface area contributed by atoms with Crippen molar-refractivity contribution in [2.24, 2.45) is 0 Å². The average Bonchev–Trinajstić information content (AvgIpc) is 3.12. The Bertz CT molecular complexity index is 836. The van der Waals surface area contributed by atoms with Gasteiger partial charge in [-0.1, -0.05) is 54.8 Å². The molecule has 1 fully saturated rings. The zero-order valence-electron chi connectivity index (χ0n) is 18.9. The van der Waals surface area contributed by atoms with Crippen LogP contribution in [0.1, 0.15) is 32.6 Å². The van der Waals surface area contributed by atoms with Crippen LogP contribution in [0.4, 0.5) is 13.2 Å². The van der Waals surface area contributed by atoms with Crippen LogP contribution in [-0.4, -0.2) is 54.8 Å². The molecule has 0 aromatic carbocycles. The molecule has 0 radical (unpaired) electrons. The second-order valence-electron chi connectivity index (χ2n) is 7.82. The fourth-order valence-electron chi connectivity index (χ4n) is 3.71. The number of allylic oxidation sites excluding steroid dienone is 9. The summed E-state index contributed by atoms with van der Waals surface area (Å²) in [6.07, 6.45) is 13.1. The molecular formula is C24H31F3N2O3S. The van der Waals surface area contributed by atoms with E-state index in [9.17, 15) is 18.0 Å². The van der Waals surface area contributed by atoms with Gasteiger partial charge in [0.05, 0.1) is 0 Å². The Morgan fingerprint density at radius 3 is 2.58 bits per heavy atom. The number of hydrogen-bond acceptors (Lipinski definition) is 6. The van der Waals surface area contributed by atoms with E-state index >= 15 is 0 Å². The first-order valence-electron chi connectivity index (χ1n) is 10.8. The van der Waals surface area contributed by atoms with Crippen molar-refractivity contribution in [3.63, 3.8) is 0 Å². The molecule has 0 N–H and O–H groups in total. The van der Waals surface area contributed by atoms with E-state index < -0.39 is 6.36 Å². The van der Waals surface area contributed by atoms with Crippen LogP contribution >= 0.6 is 12.8 Å². The summed E-state index contributed by atoms with van der Waals surface area (Å²) in [5.74, 6) is -0.160. The Labute approximate surface area is 199 Å². The molecule has 0 spiro atoms. The van der Waals surface area contributed by atoms with E-state index in [0.29, 0.717) is 25.5 Å². The second kappa shape index (κ2) is 13.3. The fraction of sp³-hybridized carbons (Fsp3) is 0.458. The lowest BCUT2D eigenvalue weighted by Gasteiger charge is -2.37. The molecule has 3 aliphatic rings. The average molecular weight is 485 g/mol. The third-order valence-electron chi connectivity index (χ3n) is 5.35. The Morgan fingerprint density at radius 1 is 1.18 bits per heavy atom. The molecule has 9 heteroatoms. The first-order chi connectivity index (χ1) is 15.7. The van der Waals surface area contributed by atoms with Crippen molar-refractivity contribution in [1.29, 1.82) is 0 Å². The highest BCUT2D eigenvalue weighted by molar-refractivity contribution is 7.77. The van der Waals surface area contributed by atoms with Crippen LogP contribution in [0.2, 0.25) is 0 Å². The number of carbonyl (C=O) groups excluding carboxylic acids is 1. The minimum absolute atomic E-state index is 0.160. The SMILES string of the molecule is CC1=CCC=C(N(C)C2CCN(S)CC2)C(COC=O)=C1.FC(F)(F)OC1=CCC=CC=C1. The lowest BCUT2D eigenvalue weighted by molar-refractivity contribution is -0.303. The predicted octanol–water partition coefficient (Wildman–Crippen LogP) is 5.48. The van der Waals surface area contributed by atoms with Gasteiger partial charge in [0.25, 0.3) is 6.47 Å². The summed E-state index contributed by atoms with van der Waals surface area (Å²) in [7, 11) is 2.14. The molecule has 0 amide bonds. The van der Waals surface area contributed by atoms with Crippen molar-refractivity contribution < 1.29 is 27.4 Å². The molecule has 182 valence electrons. The van der Waals surface area contributed by atoms with Crippen molar-refractivity contribution in [3.8, 4) is 0 Å². The van der Waals surface area contributed by atoms with Crippen LogP contribution in [0, 0.1) is 0 Å². The van der Waals surface area contributed by atoms with Gasteiger partial charge in [-0.2, -0.15) is 0 Å². The lowest BCUT2D eigenvalue weighted by Crippen LogP contribution is -2.40. The zero-order chi connectivity index (χ0) is 24.3. The smallest absolute Gasteiger partial charge is 0.463 e. The maximum Gasteiger partial charge on any atom is 0.573 e. The Morgan fingerprint density at radius 2 is 1.91 bits per heavy atom. The molecule has 1 saturated heterocycles. The Kier molecular flexibility index (Phi) is 10.9. The largest absolute Gasteiger partial charge is 0.573 e. The highest BCUT2D eigenvalue weighted by Gasteiger charge is 2.31. The summed E-state index contributed by atoms with van der Waals surface area (Å²) in [6.45, 7) is 4.94. The first kappa shape index (κ1) is 26.9. The van der Waals surface area contributed by atoms with Crippen LogP contribution in [0.15, 0.2) is 71.2 Å². The molecule has 0 saturated carbocycles. The normalized spacial score (nSPS) is 19.6. The minimum atomic E-state index is -4.60. The van der Waals surface area contributed by atoms with Gasteiger partial charge in [0.2, 0.25) is 0 Å². The molecule has 5 nitrogen and oxygen atoms in total. The molecular weight excluding hydrogens is 453 g/mol. The van der Waals surface area contributed by atoms with Gasteiger partial charge in [-0.05, 0) is 44.8 Å². The number of piperidine rings is 1. The highest BCUT2D eigenvalue weighted by atomic mass is 32.1. The van der Waals surface area contributed by atoms with Crippen LogP contribution < -0.4 is 0 Å². The van der Waals surface area contributed by atoms with E-state index in [1.165, 1.54) is 29.5 Å². The molecule has 1 aliphatic heterocycles. The van der Waals surface area contributed by atoms with Gasteiger partial charge < -0.3 is 14.4 Å². The second-order valence-corrected chi connectivity index (χ2v) is 8.39. The van der Waals surface area contributed by atoms with Crippen LogP contribution in [-0.2, 0) is 14.3 Å². The molecule has 0 atom stereocenters. The number of carbonyl (C=O) groups is 1. The van der Waals surface area contributed by atoms with E-state index in [1.807, 2.05) is 0 Å². The monoisotopic (exact) mass is 484 g/mol. The van der Waals surface area contributed by atoms with Crippen molar-refractivity contribution in [2.45, 2.75) is 45.0 Å². The maximum atomic E-state index is 11.7. The number of likely N-dealkylation sites (N-methyl/N-ethyl adjacent to an activating group) is 1. The van der Waals surface area contributed by atoms with Crippen molar-refractivity contribution >= 4 is 19.3 Å². The van der Waals surface area contributed by atoms with Gasteiger partial charge in [-0.25, -0.2) is 0 Å². The predicted molar refractivity (Wildman–Crippen MR) is 126 cm³/mol. The summed E-state index contributed by atoms with van der Waals surface area (Å²) >= 11 is 4.41. The molecule has 1 heterocycles. The molecule has 33 heavy (non-hydrogen) atoms. The summed E-state index contributed by atoms with van der Waals surface area (Å²) in [6, 6.07) is 0.512. The van der Waals surface area contributed by atoms with Crippen LogP contribution in [0.25, 0.3) is 0 Å². The van der Waals surface area contributed by atoms with E-state index in [2.05, 4.69) is 59.0 Å². The van der Waals surface area contributed by atoms with E-state index in [1.54, 1.807) is 12.2 Å². The summed E-state index contributed by atoms with van der Waals surface area (Å²) in [4.78, 5) is 12.9. The summed E-state index contributed by atoms with van der Waals surface area (Å²) in [5.41, 5.74) is 3.47. The van der Waals surface area contributed by atoms with E-state index in [0.717, 1.165) is 37.9 Å². The van der Waals surface area contributed by atoms with Gasteiger partial charge in [0.15, 0.2) is 0 Å². The van der Waals surface area contributed by atoms with Crippen LogP contribution in [0.3, 0.4) is 0 Å². The Balaban J connectivity index is 0.000000273. The van der Waals surface area contributed by atoms with E-state index in [-0.39, 0.29) is 5.76 Å². The quantitative estimate of drug-likeness (QED) is 0.399. The minimum Gasteiger partial charge on any atom is -0.463 e. The first-order valence-corrected chi connectivity index (χ1v) is 11.2. The Hall–Kier alpha value is -2.39. The van der Waals surface area contributed by atoms with Gasteiger partial charge in [0.1, 0.15) is 12.4 Å². The van der Waals surface area contributed by atoms with Gasteiger partial charge in [-0.3, -0.25) is 9.10 Å². The number of halogens is 3. The van der Waals surface area contributed by atoms with Gasteiger partial charge in [-0.15, -0.1) is 13.2 Å². The molecule has 0 bridgehead atoms. The summed E-state index contributed by atoms with van der Waals surface area (Å²) in [5, 5.41) is 0. The van der Waals surface area contributed by atoms with Gasteiger partial charge in [0, 0.05) is 37.4 Å². The lowest BCUT2D eigenvalue weighted by atomic mass is 10.0. The fourth-order valence-corrected chi connectivity index (χ4v) is 3.94. The molecule has 3 rings (SSSR count). The molecule has 2 aliphatic carbocycles. The third-order valence-corrected chi connectivity index (χ3v) is 5.75. The molecule has 0 unspecified atom stereocenters. The number of alkyl halides is 3.